The van der Waals surface area contributed by atoms with E-state index in [9.17, 15) is 14.4 Å². The second-order valence-corrected chi connectivity index (χ2v) is 5.75. The van der Waals surface area contributed by atoms with Gasteiger partial charge in [0.2, 0.25) is 0 Å². The molecular formula is C16H20N2O4. The number of nitrogens with zero attached hydrogens (tertiary/aromatic N) is 1. The Labute approximate surface area is 129 Å². The van der Waals surface area contributed by atoms with Crippen molar-refractivity contribution in [2.75, 3.05) is 6.54 Å². The molecule has 0 saturated heterocycles. The number of benzene rings is 1. The maximum absolute atomic E-state index is 12.4. The average molecular weight is 304 g/mol. The minimum absolute atomic E-state index is 0.146. The summed E-state index contributed by atoms with van der Waals surface area (Å²) in [4.78, 5) is 36.4. The molecule has 0 aliphatic heterocycles. The lowest BCUT2D eigenvalue weighted by Crippen LogP contribution is -2.40. The minimum atomic E-state index is -1.05. The maximum Gasteiger partial charge on any atom is 0.323 e. The van der Waals surface area contributed by atoms with Crippen LogP contribution < -0.4 is 5.32 Å². The second kappa shape index (κ2) is 6.60. The summed E-state index contributed by atoms with van der Waals surface area (Å²) in [5.41, 5.74) is 0.871. The van der Waals surface area contributed by atoms with Crippen LogP contribution in [0.25, 0.3) is 0 Å². The van der Waals surface area contributed by atoms with E-state index in [1.165, 1.54) is 4.90 Å². The van der Waals surface area contributed by atoms with Crippen molar-refractivity contribution in [3.8, 4) is 0 Å². The van der Waals surface area contributed by atoms with Crippen LogP contribution in [0, 0.1) is 0 Å². The lowest BCUT2D eigenvalue weighted by molar-refractivity contribution is -0.138. The maximum atomic E-state index is 12.4. The fraction of sp³-hybridized carbons (Fsp3) is 0.438. The zero-order chi connectivity index (χ0) is 16.3. The Morgan fingerprint density at radius 2 is 1.73 bits per heavy atom. The quantitative estimate of drug-likeness (QED) is 0.834. The molecule has 1 saturated carbocycles. The van der Waals surface area contributed by atoms with Gasteiger partial charge in [-0.05, 0) is 51.0 Å². The summed E-state index contributed by atoms with van der Waals surface area (Å²) >= 11 is 0. The highest BCUT2D eigenvalue weighted by molar-refractivity contribution is 5.98. The smallest absolute Gasteiger partial charge is 0.323 e. The van der Waals surface area contributed by atoms with Gasteiger partial charge in [0, 0.05) is 23.2 Å². The number of amides is 2. The van der Waals surface area contributed by atoms with E-state index >= 15 is 0 Å². The minimum Gasteiger partial charge on any atom is -0.480 e. The molecule has 1 aliphatic carbocycles. The molecule has 0 atom stereocenters. The van der Waals surface area contributed by atoms with Gasteiger partial charge >= 0.3 is 5.97 Å². The van der Waals surface area contributed by atoms with Gasteiger partial charge in [-0.15, -0.1) is 0 Å². The molecule has 22 heavy (non-hydrogen) atoms. The molecule has 0 spiro atoms. The molecule has 0 radical (unpaired) electrons. The number of hydrogen-bond donors (Lipinski definition) is 2. The number of carboxylic acid groups (broad SMARTS) is 1. The number of rotatable bonds is 6. The van der Waals surface area contributed by atoms with Gasteiger partial charge in [-0.2, -0.15) is 0 Å². The van der Waals surface area contributed by atoms with Crippen molar-refractivity contribution in [3.63, 3.8) is 0 Å². The van der Waals surface area contributed by atoms with E-state index in [1.807, 2.05) is 0 Å². The zero-order valence-electron chi connectivity index (χ0n) is 12.7. The fourth-order valence-electron chi connectivity index (χ4n) is 2.06. The third-order valence-corrected chi connectivity index (χ3v) is 3.50. The van der Waals surface area contributed by atoms with Gasteiger partial charge in [0.15, 0.2) is 0 Å². The Morgan fingerprint density at radius 1 is 1.18 bits per heavy atom. The van der Waals surface area contributed by atoms with E-state index in [4.69, 9.17) is 5.11 Å². The number of nitrogens with one attached hydrogen (secondary N) is 1. The van der Waals surface area contributed by atoms with Crippen molar-refractivity contribution >= 4 is 17.8 Å². The standard InChI is InChI=1S/C16H20N2O4/c1-10(2)18(9-14(19)20)16(22)12-5-3-11(4-6-12)15(21)17-13-7-8-13/h3-6,10,13H,7-9H2,1-2H3,(H,17,21)(H,19,20). The monoisotopic (exact) mass is 304 g/mol. The van der Waals surface area contributed by atoms with Crippen LogP contribution in [0.4, 0.5) is 0 Å². The van der Waals surface area contributed by atoms with Crippen molar-refractivity contribution in [2.24, 2.45) is 0 Å². The van der Waals surface area contributed by atoms with Crippen molar-refractivity contribution in [1.29, 1.82) is 0 Å². The molecular weight excluding hydrogens is 284 g/mol. The van der Waals surface area contributed by atoms with Crippen LogP contribution in [0.5, 0.6) is 0 Å². The van der Waals surface area contributed by atoms with Crippen molar-refractivity contribution in [3.05, 3.63) is 35.4 Å². The molecule has 2 amide bonds. The van der Waals surface area contributed by atoms with Crippen LogP contribution in [0.3, 0.4) is 0 Å². The molecule has 0 bridgehead atoms. The summed E-state index contributed by atoms with van der Waals surface area (Å²) in [5, 5.41) is 11.8. The predicted molar refractivity (Wildman–Crippen MR) is 80.7 cm³/mol. The van der Waals surface area contributed by atoms with Gasteiger partial charge in [0.1, 0.15) is 6.54 Å². The van der Waals surface area contributed by atoms with Gasteiger partial charge in [-0.3, -0.25) is 14.4 Å². The van der Waals surface area contributed by atoms with E-state index in [0.29, 0.717) is 11.1 Å². The molecule has 0 heterocycles. The highest BCUT2D eigenvalue weighted by Crippen LogP contribution is 2.19. The molecule has 2 N–H and O–H groups in total. The van der Waals surface area contributed by atoms with Crippen molar-refractivity contribution in [1.82, 2.24) is 10.2 Å². The van der Waals surface area contributed by atoms with Crippen molar-refractivity contribution < 1.29 is 19.5 Å². The van der Waals surface area contributed by atoms with Crippen LogP contribution in [0.15, 0.2) is 24.3 Å². The van der Waals surface area contributed by atoms with Crippen LogP contribution in [0.1, 0.15) is 47.4 Å². The molecule has 6 nitrogen and oxygen atoms in total. The Hall–Kier alpha value is -2.37. The van der Waals surface area contributed by atoms with Crippen LogP contribution in [0.2, 0.25) is 0 Å². The molecule has 0 unspecified atom stereocenters. The second-order valence-electron chi connectivity index (χ2n) is 5.75. The fourth-order valence-corrected chi connectivity index (χ4v) is 2.06. The van der Waals surface area contributed by atoms with E-state index in [-0.39, 0.29) is 30.4 Å². The summed E-state index contributed by atoms with van der Waals surface area (Å²) in [6.45, 7) is 3.18. The molecule has 0 aromatic heterocycles. The molecule has 1 aromatic rings. The molecule has 1 aliphatic rings. The number of carboxylic acids is 1. The zero-order valence-corrected chi connectivity index (χ0v) is 12.7. The summed E-state index contributed by atoms with van der Waals surface area (Å²) in [7, 11) is 0. The summed E-state index contributed by atoms with van der Waals surface area (Å²) in [5.74, 6) is -1.55. The first-order valence-electron chi connectivity index (χ1n) is 7.32. The van der Waals surface area contributed by atoms with Crippen LogP contribution in [-0.2, 0) is 4.79 Å². The first kappa shape index (κ1) is 16.0. The first-order chi connectivity index (χ1) is 10.4. The Bertz CT molecular complexity index is 576. The van der Waals surface area contributed by atoms with Gasteiger partial charge in [-0.25, -0.2) is 0 Å². The SMILES string of the molecule is CC(C)N(CC(=O)O)C(=O)c1ccc(C(=O)NC2CC2)cc1. The Kier molecular flexibility index (Phi) is 4.80. The van der Waals surface area contributed by atoms with E-state index < -0.39 is 5.97 Å². The third kappa shape index (κ3) is 4.07. The van der Waals surface area contributed by atoms with Crippen molar-refractivity contribution in [2.45, 2.75) is 38.8 Å². The van der Waals surface area contributed by atoms with Gasteiger partial charge in [0.05, 0.1) is 0 Å². The molecule has 1 fully saturated rings. The number of carbonyl (C=O) groups excluding carboxylic acids is 2. The predicted octanol–water partition coefficient (Wildman–Crippen LogP) is 1.51. The molecule has 2 rings (SSSR count). The van der Waals surface area contributed by atoms with E-state index in [2.05, 4.69) is 5.32 Å². The van der Waals surface area contributed by atoms with E-state index in [1.54, 1.807) is 38.1 Å². The molecule has 6 heteroatoms. The third-order valence-electron chi connectivity index (χ3n) is 3.50. The number of aliphatic carboxylic acids is 1. The summed E-state index contributed by atoms with van der Waals surface area (Å²) in [6.07, 6.45) is 2.03. The normalized spacial score (nSPS) is 13.8. The number of hydrogen-bond acceptors (Lipinski definition) is 3. The number of carbonyl (C=O) groups is 3. The highest BCUT2D eigenvalue weighted by atomic mass is 16.4. The molecule has 118 valence electrons. The van der Waals surface area contributed by atoms with Gasteiger partial charge in [-0.1, -0.05) is 0 Å². The van der Waals surface area contributed by atoms with Crippen LogP contribution in [-0.4, -0.2) is 46.4 Å². The largest absolute Gasteiger partial charge is 0.480 e. The summed E-state index contributed by atoms with van der Waals surface area (Å²) < 4.78 is 0. The molecule has 1 aromatic carbocycles. The van der Waals surface area contributed by atoms with Crippen LogP contribution >= 0.6 is 0 Å². The summed E-state index contributed by atoms with van der Waals surface area (Å²) in [6, 6.07) is 6.35. The van der Waals surface area contributed by atoms with Gasteiger partial charge < -0.3 is 15.3 Å². The lowest BCUT2D eigenvalue weighted by atomic mass is 10.1. The Morgan fingerprint density at radius 3 is 2.18 bits per heavy atom. The highest BCUT2D eigenvalue weighted by Gasteiger charge is 2.24. The first-order valence-corrected chi connectivity index (χ1v) is 7.32. The van der Waals surface area contributed by atoms with Gasteiger partial charge in [0.25, 0.3) is 11.8 Å². The Balaban J connectivity index is 2.08. The van der Waals surface area contributed by atoms with E-state index in [0.717, 1.165) is 12.8 Å². The topological polar surface area (TPSA) is 86.7 Å². The average Bonchev–Trinajstić information content (AvgIpc) is 3.27. The lowest BCUT2D eigenvalue weighted by Gasteiger charge is -2.25.